The molecule has 17 heavy (non-hydrogen) atoms. The van der Waals surface area contributed by atoms with Crippen LogP contribution in [0.25, 0.3) is 10.8 Å². The summed E-state index contributed by atoms with van der Waals surface area (Å²) in [5, 5.41) is 21.7. The van der Waals surface area contributed by atoms with E-state index in [0.29, 0.717) is 12.4 Å². The van der Waals surface area contributed by atoms with Crippen LogP contribution in [0.15, 0.2) is 24.3 Å². The summed E-state index contributed by atoms with van der Waals surface area (Å²) in [6, 6.07) is 7.78. The molecule has 0 bridgehead atoms. The van der Waals surface area contributed by atoms with Gasteiger partial charge in [0.25, 0.3) is 0 Å². The van der Waals surface area contributed by atoms with Gasteiger partial charge in [0.1, 0.15) is 0 Å². The summed E-state index contributed by atoms with van der Waals surface area (Å²) in [6.07, 6.45) is 0.0594. The van der Waals surface area contributed by atoms with Crippen molar-refractivity contribution in [3.8, 4) is 0 Å². The Morgan fingerprint density at radius 2 is 2.00 bits per heavy atom. The van der Waals surface area contributed by atoms with Gasteiger partial charge >= 0.3 is 5.97 Å². The standard InChI is InChI=1S/C12H13N3O2/c1-8-9-4-2-3-5-10(9)12(15-14-8)13-7-6-11(16)17/h2-5H,6-7H2,1H3,(H,13,15)(H,16,17). The molecule has 0 radical (unpaired) electrons. The first-order valence-electron chi connectivity index (χ1n) is 5.36. The van der Waals surface area contributed by atoms with Crippen LogP contribution in [0.1, 0.15) is 12.1 Å². The predicted molar refractivity (Wildman–Crippen MR) is 65.0 cm³/mol. The van der Waals surface area contributed by atoms with Gasteiger partial charge in [-0.3, -0.25) is 4.79 Å². The second-order valence-electron chi connectivity index (χ2n) is 3.75. The average molecular weight is 231 g/mol. The molecule has 0 unspecified atom stereocenters. The van der Waals surface area contributed by atoms with Crippen molar-refractivity contribution >= 4 is 22.6 Å². The minimum atomic E-state index is -0.832. The molecule has 0 aliphatic carbocycles. The van der Waals surface area contributed by atoms with Crippen molar-refractivity contribution in [2.24, 2.45) is 0 Å². The van der Waals surface area contributed by atoms with Gasteiger partial charge in [0, 0.05) is 17.3 Å². The molecule has 0 saturated heterocycles. The maximum atomic E-state index is 10.4. The molecule has 88 valence electrons. The van der Waals surface area contributed by atoms with Crippen LogP contribution in [-0.4, -0.2) is 27.8 Å². The average Bonchev–Trinajstić information content (AvgIpc) is 2.32. The van der Waals surface area contributed by atoms with E-state index in [-0.39, 0.29) is 6.42 Å². The summed E-state index contributed by atoms with van der Waals surface area (Å²) in [7, 11) is 0. The molecule has 0 spiro atoms. The van der Waals surface area contributed by atoms with Gasteiger partial charge in [-0.2, -0.15) is 5.10 Å². The zero-order valence-corrected chi connectivity index (χ0v) is 9.47. The van der Waals surface area contributed by atoms with Crippen LogP contribution in [0.2, 0.25) is 0 Å². The minimum absolute atomic E-state index is 0.0594. The number of aliphatic carboxylic acids is 1. The fraction of sp³-hybridized carbons (Fsp3) is 0.250. The van der Waals surface area contributed by atoms with Crippen LogP contribution in [0.5, 0.6) is 0 Å². The third kappa shape index (κ3) is 2.50. The monoisotopic (exact) mass is 231 g/mol. The van der Waals surface area contributed by atoms with Gasteiger partial charge in [-0.25, -0.2) is 0 Å². The fourth-order valence-electron chi connectivity index (χ4n) is 1.66. The number of nitrogens with one attached hydrogen (secondary N) is 1. The molecule has 5 nitrogen and oxygen atoms in total. The van der Waals surface area contributed by atoms with Crippen LogP contribution in [-0.2, 0) is 4.79 Å². The molecule has 0 fully saturated rings. The van der Waals surface area contributed by atoms with Crippen molar-refractivity contribution in [1.82, 2.24) is 10.2 Å². The number of benzene rings is 1. The number of aromatic nitrogens is 2. The highest BCUT2D eigenvalue weighted by Gasteiger charge is 2.05. The number of fused-ring (bicyclic) bond motifs is 1. The van der Waals surface area contributed by atoms with E-state index in [1.165, 1.54) is 0 Å². The summed E-state index contributed by atoms with van der Waals surface area (Å²) < 4.78 is 0. The Labute approximate surface area is 98.5 Å². The van der Waals surface area contributed by atoms with Gasteiger partial charge in [0.2, 0.25) is 0 Å². The van der Waals surface area contributed by atoms with Gasteiger partial charge in [-0.05, 0) is 6.92 Å². The Balaban J connectivity index is 2.28. The first-order chi connectivity index (χ1) is 8.18. The fourth-order valence-corrected chi connectivity index (χ4v) is 1.66. The van der Waals surface area contributed by atoms with Gasteiger partial charge in [0.05, 0.1) is 12.1 Å². The highest BCUT2D eigenvalue weighted by molar-refractivity contribution is 5.92. The quantitative estimate of drug-likeness (QED) is 0.839. The van der Waals surface area contributed by atoms with E-state index < -0.39 is 5.97 Å². The number of nitrogens with zero attached hydrogens (tertiary/aromatic N) is 2. The second kappa shape index (κ2) is 4.78. The van der Waals surface area contributed by atoms with E-state index in [4.69, 9.17) is 5.11 Å². The molecular weight excluding hydrogens is 218 g/mol. The number of carboxylic acids is 1. The summed E-state index contributed by atoms with van der Waals surface area (Å²) in [5.74, 6) is -0.200. The molecule has 1 heterocycles. The molecule has 1 aromatic carbocycles. The van der Waals surface area contributed by atoms with Crippen molar-refractivity contribution in [3.63, 3.8) is 0 Å². The Morgan fingerprint density at radius 1 is 1.29 bits per heavy atom. The summed E-state index contributed by atoms with van der Waals surface area (Å²) >= 11 is 0. The zero-order valence-electron chi connectivity index (χ0n) is 9.47. The number of rotatable bonds is 4. The lowest BCUT2D eigenvalue weighted by atomic mass is 10.1. The van der Waals surface area contributed by atoms with E-state index in [9.17, 15) is 4.79 Å². The number of hydrogen-bond donors (Lipinski definition) is 2. The van der Waals surface area contributed by atoms with Crippen molar-refractivity contribution in [3.05, 3.63) is 30.0 Å². The number of anilines is 1. The molecule has 2 rings (SSSR count). The SMILES string of the molecule is Cc1nnc(NCCC(=O)O)c2ccccc12. The van der Waals surface area contributed by atoms with Gasteiger partial charge in [0.15, 0.2) is 5.82 Å². The lowest BCUT2D eigenvalue weighted by Gasteiger charge is -2.08. The maximum Gasteiger partial charge on any atom is 0.305 e. The van der Waals surface area contributed by atoms with E-state index in [1.807, 2.05) is 31.2 Å². The predicted octanol–water partition coefficient (Wildman–Crippen LogP) is 1.82. The van der Waals surface area contributed by atoms with Gasteiger partial charge < -0.3 is 10.4 Å². The lowest BCUT2D eigenvalue weighted by molar-refractivity contribution is -0.136. The molecular formula is C12H13N3O2. The largest absolute Gasteiger partial charge is 0.481 e. The van der Waals surface area contributed by atoms with Crippen LogP contribution in [0.4, 0.5) is 5.82 Å². The molecule has 0 saturated carbocycles. The summed E-state index contributed by atoms with van der Waals surface area (Å²) in [4.78, 5) is 10.4. The van der Waals surface area contributed by atoms with Crippen LogP contribution in [0, 0.1) is 6.92 Å². The summed E-state index contributed by atoms with van der Waals surface area (Å²) in [6.45, 7) is 2.24. The lowest BCUT2D eigenvalue weighted by Crippen LogP contribution is -2.09. The van der Waals surface area contributed by atoms with Crippen LogP contribution < -0.4 is 5.32 Å². The molecule has 2 aromatic rings. The highest BCUT2D eigenvalue weighted by Crippen LogP contribution is 2.21. The van der Waals surface area contributed by atoms with Crippen molar-refractivity contribution < 1.29 is 9.90 Å². The van der Waals surface area contributed by atoms with Crippen molar-refractivity contribution in [1.29, 1.82) is 0 Å². The highest BCUT2D eigenvalue weighted by atomic mass is 16.4. The van der Waals surface area contributed by atoms with Gasteiger partial charge in [-0.15, -0.1) is 5.10 Å². The molecule has 2 N–H and O–H groups in total. The number of aryl methyl sites for hydroxylation is 1. The Hall–Kier alpha value is -2.17. The van der Waals surface area contributed by atoms with Crippen LogP contribution >= 0.6 is 0 Å². The molecule has 1 aromatic heterocycles. The molecule has 5 heteroatoms. The van der Waals surface area contributed by atoms with Gasteiger partial charge in [-0.1, -0.05) is 24.3 Å². The summed E-state index contributed by atoms with van der Waals surface area (Å²) in [5.41, 5.74) is 0.865. The first kappa shape index (κ1) is 11.3. The third-order valence-electron chi connectivity index (χ3n) is 2.50. The topological polar surface area (TPSA) is 75.1 Å². The molecule has 0 amide bonds. The second-order valence-corrected chi connectivity index (χ2v) is 3.75. The third-order valence-corrected chi connectivity index (χ3v) is 2.50. The van der Waals surface area contributed by atoms with E-state index >= 15 is 0 Å². The Morgan fingerprint density at radius 3 is 2.71 bits per heavy atom. The van der Waals surface area contributed by atoms with Crippen molar-refractivity contribution in [2.75, 3.05) is 11.9 Å². The van der Waals surface area contributed by atoms with Crippen molar-refractivity contribution in [2.45, 2.75) is 13.3 Å². The smallest absolute Gasteiger partial charge is 0.305 e. The molecule has 0 atom stereocenters. The molecule has 0 aliphatic heterocycles. The Kier molecular flexibility index (Phi) is 3.18. The Bertz CT molecular complexity index is 554. The van der Waals surface area contributed by atoms with E-state index in [0.717, 1.165) is 16.5 Å². The van der Waals surface area contributed by atoms with Crippen LogP contribution in [0.3, 0.4) is 0 Å². The van der Waals surface area contributed by atoms with E-state index in [2.05, 4.69) is 15.5 Å². The number of carboxylic acid groups (broad SMARTS) is 1. The first-order valence-corrected chi connectivity index (χ1v) is 5.36. The normalized spacial score (nSPS) is 10.4. The number of hydrogen-bond acceptors (Lipinski definition) is 4. The zero-order chi connectivity index (χ0) is 12.3. The minimum Gasteiger partial charge on any atom is -0.481 e. The molecule has 0 aliphatic rings. The van der Waals surface area contributed by atoms with E-state index in [1.54, 1.807) is 0 Å². The maximum absolute atomic E-state index is 10.4. The number of carbonyl (C=O) groups is 1.